The number of nitrogens with zero attached hydrogens (tertiary/aromatic N) is 2. The lowest BCUT2D eigenvalue weighted by Crippen LogP contribution is -2.26. The Morgan fingerprint density at radius 3 is 2.95 bits per heavy atom. The Hall–Kier alpha value is -1.15. The smallest absolute Gasteiger partial charge is 0.259 e. The van der Waals surface area contributed by atoms with Gasteiger partial charge >= 0.3 is 0 Å². The first-order valence-corrected chi connectivity index (χ1v) is 8.03. The van der Waals surface area contributed by atoms with Gasteiger partial charge in [0.1, 0.15) is 5.65 Å². The van der Waals surface area contributed by atoms with Crippen molar-refractivity contribution in [2.75, 3.05) is 20.3 Å². The third-order valence-corrected chi connectivity index (χ3v) is 4.63. The van der Waals surface area contributed by atoms with Crippen molar-refractivity contribution in [1.82, 2.24) is 14.1 Å². The number of unbranched alkanes of at least 4 members (excludes halogenated alkanes) is 1. The molecule has 0 aliphatic carbocycles. The van der Waals surface area contributed by atoms with E-state index in [-0.39, 0.29) is 10.2 Å². The van der Waals surface area contributed by atoms with Crippen molar-refractivity contribution >= 4 is 27.3 Å². The van der Waals surface area contributed by atoms with Gasteiger partial charge in [0.05, 0.1) is 0 Å². The van der Waals surface area contributed by atoms with E-state index in [0.29, 0.717) is 25.2 Å². The largest absolute Gasteiger partial charge is 0.385 e. The Labute approximate surface area is 122 Å². The number of sulfonamides is 1. The van der Waals surface area contributed by atoms with Gasteiger partial charge in [-0.15, -0.1) is 0 Å². The molecule has 0 spiro atoms. The molecule has 0 amide bonds. The van der Waals surface area contributed by atoms with Crippen LogP contribution in [-0.2, 0) is 14.8 Å². The van der Waals surface area contributed by atoms with Crippen molar-refractivity contribution in [2.45, 2.75) is 17.9 Å². The second kappa shape index (κ2) is 6.53. The molecule has 0 bridgehead atoms. The summed E-state index contributed by atoms with van der Waals surface area (Å²) in [5.41, 5.74) is 0.497. The van der Waals surface area contributed by atoms with Gasteiger partial charge in [-0.1, -0.05) is 17.7 Å². The van der Waals surface area contributed by atoms with Crippen LogP contribution >= 0.6 is 11.6 Å². The molecular weight excluding hydrogens is 302 g/mol. The second-order valence-corrected chi connectivity index (χ2v) is 6.27. The summed E-state index contributed by atoms with van der Waals surface area (Å²) in [6.45, 7) is 0.945. The minimum atomic E-state index is -3.68. The number of halogens is 1. The van der Waals surface area contributed by atoms with Crippen molar-refractivity contribution in [3.8, 4) is 0 Å². The topological polar surface area (TPSA) is 72.7 Å². The standard InChI is InChI=1S/C12H16ClN3O3S/c1-19-9-5-3-7-14-20(17,18)12-11(13)15-10-6-2-4-8-16(10)12/h2,4,6,8,14H,3,5,7,9H2,1H3. The highest BCUT2D eigenvalue weighted by Gasteiger charge is 2.23. The van der Waals surface area contributed by atoms with Gasteiger partial charge in [-0.05, 0) is 25.0 Å². The summed E-state index contributed by atoms with van der Waals surface area (Å²) in [4.78, 5) is 4.03. The highest BCUT2D eigenvalue weighted by Crippen LogP contribution is 2.22. The summed E-state index contributed by atoms with van der Waals surface area (Å²) in [6.07, 6.45) is 3.11. The molecule has 0 fully saturated rings. The van der Waals surface area contributed by atoms with E-state index >= 15 is 0 Å². The molecule has 0 atom stereocenters. The van der Waals surface area contributed by atoms with Gasteiger partial charge in [-0.3, -0.25) is 4.40 Å². The number of fused-ring (bicyclic) bond motifs is 1. The van der Waals surface area contributed by atoms with Gasteiger partial charge in [0.2, 0.25) is 0 Å². The van der Waals surface area contributed by atoms with Crippen molar-refractivity contribution in [3.05, 3.63) is 29.5 Å². The maximum atomic E-state index is 12.3. The Balaban J connectivity index is 2.17. The van der Waals surface area contributed by atoms with Gasteiger partial charge in [-0.2, -0.15) is 0 Å². The molecule has 0 saturated carbocycles. The van der Waals surface area contributed by atoms with E-state index in [1.54, 1.807) is 31.5 Å². The highest BCUT2D eigenvalue weighted by molar-refractivity contribution is 7.89. The Bertz CT molecular complexity index is 684. The third kappa shape index (κ3) is 3.29. The normalized spacial score (nSPS) is 12.1. The van der Waals surface area contributed by atoms with E-state index in [1.807, 2.05) is 0 Å². The third-order valence-electron chi connectivity index (χ3n) is 2.77. The fraction of sp³-hybridized carbons (Fsp3) is 0.417. The Kier molecular flexibility index (Phi) is 4.98. The molecule has 0 aliphatic rings. The van der Waals surface area contributed by atoms with Crippen molar-refractivity contribution < 1.29 is 13.2 Å². The number of imidazole rings is 1. The maximum absolute atomic E-state index is 12.3. The molecule has 20 heavy (non-hydrogen) atoms. The molecule has 0 radical (unpaired) electrons. The molecule has 6 nitrogen and oxygen atoms in total. The molecule has 110 valence electrons. The van der Waals surface area contributed by atoms with Crippen LogP contribution in [0.25, 0.3) is 5.65 Å². The van der Waals surface area contributed by atoms with Crippen molar-refractivity contribution in [1.29, 1.82) is 0 Å². The summed E-state index contributed by atoms with van der Waals surface area (Å²) in [7, 11) is -2.07. The van der Waals surface area contributed by atoms with Gasteiger partial charge < -0.3 is 4.74 Å². The van der Waals surface area contributed by atoms with Crippen molar-refractivity contribution in [2.24, 2.45) is 0 Å². The van der Waals surface area contributed by atoms with E-state index in [1.165, 1.54) is 4.40 Å². The summed E-state index contributed by atoms with van der Waals surface area (Å²) >= 11 is 5.94. The summed E-state index contributed by atoms with van der Waals surface area (Å²) in [5.74, 6) is 0. The van der Waals surface area contributed by atoms with Crippen molar-refractivity contribution in [3.63, 3.8) is 0 Å². The summed E-state index contributed by atoms with van der Waals surface area (Å²) < 4.78 is 33.4. The Morgan fingerprint density at radius 1 is 1.40 bits per heavy atom. The molecule has 1 N–H and O–H groups in total. The van der Waals surface area contributed by atoms with E-state index < -0.39 is 10.0 Å². The van der Waals surface area contributed by atoms with Gasteiger partial charge in [0.15, 0.2) is 10.2 Å². The number of hydrogen-bond donors (Lipinski definition) is 1. The number of methoxy groups -OCH3 is 1. The first-order chi connectivity index (χ1) is 9.56. The van der Waals surface area contributed by atoms with Crippen LogP contribution in [0.15, 0.2) is 29.4 Å². The lowest BCUT2D eigenvalue weighted by Gasteiger charge is -2.06. The van der Waals surface area contributed by atoms with Gasteiger partial charge in [-0.25, -0.2) is 18.1 Å². The van der Waals surface area contributed by atoms with Crippen LogP contribution in [0.3, 0.4) is 0 Å². The molecule has 2 rings (SSSR count). The molecule has 0 saturated heterocycles. The molecule has 2 aromatic heterocycles. The molecule has 0 unspecified atom stereocenters. The molecule has 2 aromatic rings. The predicted octanol–water partition coefficient (Wildman–Crippen LogP) is 1.69. The molecule has 0 aliphatic heterocycles. The average molecular weight is 318 g/mol. The Morgan fingerprint density at radius 2 is 2.20 bits per heavy atom. The van der Waals surface area contributed by atoms with Crippen LogP contribution in [0.1, 0.15) is 12.8 Å². The van der Waals surface area contributed by atoms with Crippen LogP contribution < -0.4 is 4.72 Å². The van der Waals surface area contributed by atoms with E-state index in [2.05, 4.69) is 9.71 Å². The van der Waals surface area contributed by atoms with Gasteiger partial charge in [0.25, 0.3) is 10.0 Å². The van der Waals surface area contributed by atoms with Gasteiger partial charge in [0, 0.05) is 26.5 Å². The number of aromatic nitrogens is 2. The van der Waals surface area contributed by atoms with E-state index in [0.717, 1.165) is 6.42 Å². The highest BCUT2D eigenvalue weighted by atomic mass is 35.5. The minimum absolute atomic E-state index is 0.0264. The lowest BCUT2D eigenvalue weighted by atomic mass is 10.3. The number of pyridine rings is 1. The van der Waals surface area contributed by atoms with Crippen LogP contribution in [0.5, 0.6) is 0 Å². The maximum Gasteiger partial charge on any atom is 0.259 e. The number of nitrogens with one attached hydrogen (secondary N) is 1. The van der Waals surface area contributed by atoms with Crippen LogP contribution in [0.2, 0.25) is 5.15 Å². The lowest BCUT2D eigenvalue weighted by molar-refractivity contribution is 0.193. The number of hydrogen-bond acceptors (Lipinski definition) is 4. The molecule has 8 heteroatoms. The minimum Gasteiger partial charge on any atom is -0.385 e. The SMILES string of the molecule is COCCCCNS(=O)(=O)c1c(Cl)nc2ccccn12. The first-order valence-electron chi connectivity index (χ1n) is 6.17. The van der Waals surface area contributed by atoms with E-state index in [4.69, 9.17) is 16.3 Å². The summed E-state index contributed by atoms with van der Waals surface area (Å²) in [6, 6.07) is 5.19. The second-order valence-electron chi connectivity index (χ2n) is 4.23. The first kappa shape index (κ1) is 15.2. The molecule has 2 heterocycles. The fourth-order valence-corrected chi connectivity index (χ4v) is 3.54. The average Bonchev–Trinajstić information content (AvgIpc) is 2.75. The van der Waals surface area contributed by atoms with E-state index in [9.17, 15) is 8.42 Å². The van der Waals surface area contributed by atoms with Crippen LogP contribution in [0, 0.1) is 0 Å². The zero-order chi connectivity index (χ0) is 14.6. The van der Waals surface area contributed by atoms with Crippen LogP contribution in [-0.4, -0.2) is 38.1 Å². The zero-order valence-corrected chi connectivity index (χ0v) is 12.6. The quantitative estimate of drug-likeness (QED) is 0.789. The monoisotopic (exact) mass is 317 g/mol. The zero-order valence-electron chi connectivity index (χ0n) is 11.0. The molecule has 0 aromatic carbocycles. The fourth-order valence-electron chi connectivity index (χ4n) is 1.83. The predicted molar refractivity (Wildman–Crippen MR) is 76.5 cm³/mol. The number of ether oxygens (including phenoxy) is 1. The molecular formula is C12H16ClN3O3S. The number of rotatable bonds is 7. The van der Waals surface area contributed by atoms with Crippen LogP contribution in [0.4, 0.5) is 0 Å². The summed E-state index contributed by atoms with van der Waals surface area (Å²) in [5, 5.41) is -0.0536.